The molecule has 0 aromatic heterocycles. The number of carbonyl (C=O) groups excluding carboxylic acids is 1. The van der Waals surface area contributed by atoms with Crippen molar-refractivity contribution in [1.82, 2.24) is 0 Å². The number of esters is 1. The van der Waals surface area contributed by atoms with Crippen LogP contribution in [0.2, 0.25) is 0 Å². The van der Waals surface area contributed by atoms with Crippen LogP contribution in [0.5, 0.6) is 23.0 Å². The van der Waals surface area contributed by atoms with Gasteiger partial charge in [-0.1, -0.05) is 48.5 Å². The van der Waals surface area contributed by atoms with Crippen molar-refractivity contribution in [2.75, 3.05) is 41.2 Å². The Morgan fingerprint density at radius 2 is 1.49 bits per heavy atom. The van der Waals surface area contributed by atoms with E-state index in [2.05, 4.69) is 0 Å². The van der Waals surface area contributed by atoms with Crippen LogP contribution in [0, 0.1) is 0 Å². The van der Waals surface area contributed by atoms with Gasteiger partial charge in [0.1, 0.15) is 35.2 Å². The fraction of sp³-hybridized carbons (Fsp3) is 0.242. The molecule has 1 N–H and O–H groups in total. The second-order valence-electron chi connectivity index (χ2n) is 9.33. The van der Waals surface area contributed by atoms with Crippen molar-refractivity contribution >= 4 is 22.8 Å². The third kappa shape index (κ3) is 5.84. The summed E-state index contributed by atoms with van der Waals surface area (Å²) >= 11 is 0. The van der Waals surface area contributed by atoms with Gasteiger partial charge in [-0.2, -0.15) is 0 Å². The summed E-state index contributed by atoms with van der Waals surface area (Å²) in [5.74, 6) is 1.72. The molecule has 1 unspecified atom stereocenters. The normalized spacial score (nSPS) is 13.9. The summed E-state index contributed by atoms with van der Waals surface area (Å²) < 4.78 is 34.3. The van der Waals surface area contributed by atoms with E-state index in [1.807, 2.05) is 72.8 Å². The zero-order valence-electron chi connectivity index (χ0n) is 23.2. The van der Waals surface area contributed by atoms with E-state index in [0.717, 1.165) is 28.0 Å². The lowest BCUT2D eigenvalue weighted by atomic mass is 9.92. The van der Waals surface area contributed by atoms with Gasteiger partial charge in [0.25, 0.3) is 0 Å². The molecule has 1 atom stereocenters. The van der Waals surface area contributed by atoms with Crippen LogP contribution < -0.4 is 18.9 Å². The van der Waals surface area contributed by atoms with Crippen molar-refractivity contribution in [2.45, 2.75) is 12.2 Å². The molecule has 0 amide bonds. The summed E-state index contributed by atoms with van der Waals surface area (Å²) in [4.78, 5) is 12.9. The molecule has 0 bridgehead atoms. The lowest BCUT2D eigenvalue weighted by molar-refractivity contribution is -0.0490. The summed E-state index contributed by atoms with van der Waals surface area (Å²) in [7, 11) is 4.60. The Balaban J connectivity index is 1.47. The van der Waals surface area contributed by atoms with E-state index >= 15 is 0 Å². The van der Waals surface area contributed by atoms with Crippen LogP contribution >= 0.6 is 0 Å². The highest BCUT2D eigenvalue weighted by atomic mass is 16.7. The Labute approximate surface area is 238 Å². The van der Waals surface area contributed by atoms with Crippen LogP contribution in [0.15, 0.2) is 78.9 Å². The number of rotatable bonds is 11. The molecule has 4 aromatic rings. The molecule has 5 rings (SSSR count). The maximum absolute atomic E-state index is 12.9. The van der Waals surface area contributed by atoms with Crippen molar-refractivity contribution in [3.05, 3.63) is 101 Å². The molecule has 0 saturated heterocycles. The number of carbonyl (C=O) groups is 1. The molecule has 212 valence electrons. The predicted molar refractivity (Wildman–Crippen MR) is 155 cm³/mol. The Bertz CT molecular complexity index is 1480. The van der Waals surface area contributed by atoms with E-state index in [9.17, 15) is 9.90 Å². The third-order valence-corrected chi connectivity index (χ3v) is 7.00. The van der Waals surface area contributed by atoms with Gasteiger partial charge in [0.2, 0.25) is 6.29 Å². The molecule has 41 heavy (non-hydrogen) atoms. The van der Waals surface area contributed by atoms with Crippen LogP contribution in [0.25, 0.3) is 16.8 Å². The first-order valence-electron chi connectivity index (χ1n) is 13.2. The molecule has 8 heteroatoms. The van der Waals surface area contributed by atoms with Crippen molar-refractivity contribution in [3.63, 3.8) is 0 Å². The molecular formula is C33H32O8. The van der Waals surface area contributed by atoms with E-state index in [1.54, 1.807) is 26.4 Å². The van der Waals surface area contributed by atoms with Crippen molar-refractivity contribution < 1.29 is 38.3 Å². The number of aliphatic hydroxyl groups is 1. The fourth-order valence-electron chi connectivity index (χ4n) is 4.95. The van der Waals surface area contributed by atoms with Crippen LogP contribution in [-0.4, -0.2) is 58.5 Å². The largest absolute Gasteiger partial charge is 0.497 e. The number of fused-ring (bicyclic) bond motifs is 3. The number of methoxy groups -OCH3 is 3. The van der Waals surface area contributed by atoms with Gasteiger partial charge in [0.15, 0.2) is 0 Å². The van der Waals surface area contributed by atoms with Crippen molar-refractivity contribution in [3.8, 4) is 23.0 Å². The average Bonchev–Trinajstić information content (AvgIpc) is 3.03. The lowest BCUT2D eigenvalue weighted by Gasteiger charge is -2.27. The molecule has 8 nitrogen and oxygen atoms in total. The van der Waals surface area contributed by atoms with Gasteiger partial charge in [0.05, 0.1) is 34.5 Å². The standard InChI is InChI=1S/C33H32O8/c1-36-23-12-8-21(9-13-23)28(22-10-14-24(37-2)15-11-22)20-40-29-17-16-27-30(33(35)38-3)32(39-19-18-34)26-7-5-4-6-25(26)31(27)41-29/h4-17,28-29,34H,18-20H2,1-3H3. The molecule has 4 aromatic carbocycles. The van der Waals surface area contributed by atoms with Gasteiger partial charge in [-0.05, 0) is 47.5 Å². The molecule has 0 fully saturated rings. The second-order valence-corrected chi connectivity index (χ2v) is 9.33. The van der Waals surface area contributed by atoms with E-state index in [1.165, 1.54) is 7.11 Å². The minimum Gasteiger partial charge on any atom is -0.497 e. The second kappa shape index (κ2) is 12.8. The average molecular weight is 557 g/mol. The highest BCUT2D eigenvalue weighted by Crippen LogP contribution is 2.44. The number of hydrogen-bond acceptors (Lipinski definition) is 8. The highest BCUT2D eigenvalue weighted by Gasteiger charge is 2.30. The van der Waals surface area contributed by atoms with Crippen LogP contribution in [0.1, 0.15) is 33.0 Å². The highest BCUT2D eigenvalue weighted by molar-refractivity contribution is 6.08. The summed E-state index contributed by atoms with van der Waals surface area (Å²) in [6.45, 7) is 0.154. The van der Waals surface area contributed by atoms with Gasteiger partial charge < -0.3 is 33.5 Å². The fourth-order valence-corrected chi connectivity index (χ4v) is 4.95. The van der Waals surface area contributed by atoms with Gasteiger partial charge >= 0.3 is 5.97 Å². The minimum atomic E-state index is -0.709. The van der Waals surface area contributed by atoms with Crippen LogP contribution in [-0.2, 0) is 9.47 Å². The molecule has 0 saturated carbocycles. The molecule has 0 aliphatic carbocycles. The van der Waals surface area contributed by atoms with Gasteiger partial charge in [0, 0.05) is 22.3 Å². The molecule has 1 aliphatic heterocycles. The summed E-state index contributed by atoms with van der Waals surface area (Å²) in [5.41, 5.74) is 2.88. The lowest BCUT2D eigenvalue weighted by Crippen LogP contribution is -2.25. The summed E-state index contributed by atoms with van der Waals surface area (Å²) in [5, 5.41) is 10.8. The molecule has 1 heterocycles. The zero-order valence-corrected chi connectivity index (χ0v) is 23.2. The topological polar surface area (TPSA) is 92.7 Å². The minimum absolute atomic E-state index is 0.0290. The summed E-state index contributed by atoms with van der Waals surface area (Å²) in [6.07, 6.45) is 2.85. The van der Waals surface area contributed by atoms with Crippen LogP contribution in [0.3, 0.4) is 0 Å². The Kier molecular flexibility index (Phi) is 8.72. The Hall–Kier alpha value is -4.53. The number of aliphatic hydroxyl groups excluding tert-OH is 1. The maximum Gasteiger partial charge on any atom is 0.342 e. The predicted octanol–water partition coefficient (Wildman–Crippen LogP) is 5.60. The van der Waals surface area contributed by atoms with Crippen molar-refractivity contribution in [1.29, 1.82) is 0 Å². The summed E-state index contributed by atoms with van der Waals surface area (Å²) in [6, 6.07) is 23.3. The first-order chi connectivity index (χ1) is 20.1. The van der Waals surface area contributed by atoms with Gasteiger partial charge in [-0.3, -0.25) is 0 Å². The molecule has 0 spiro atoms. The van der Waals surface area contributed by atoms with E-state index in [-0.39, 0.29) is 24.7 Å². The SMILES string of the molecule is COC(=O)c1c2c(c3ccccc3c1OCCO)OC(OCC(c1ccc(OC)cc1)c1ccc(OC)cc1)C=C2. The Morgan fingerprint density at radius 3 is 2.05 bits per heavy atom. The first-order valence-corrected chi connectivity index (χ1v) is 13.2. The number of hydrogen-bond donors (Lipinski definition) is 1. The quantitative estimate of drug-likeness (QED) is 0.239. The first kappa shape index (κ1) is 28.0. The van der Waals surface area contributed by atoms with E-state index < -0.39 is 12.3 Å². The van der Waals surface area contributed by atoms with E-state index in [4.69, 9.17) is 28.4 Å². The number of benzene rings is 4. The van der Waals surface area contributed by atoms with Gasteiger partial charge in [-0.25, -0.2) is 4.79 Å². The smallest absolute Gasteiger partial charge is 0.342 e. The maximum atomic E-state index is 12.9. The third-order valence-electron chi connectivity index (χ3n) is 7.00. The number of ether oxygens (including phenoxy) is 6. The molecular weight excluding hydrogens is 524 g/mol. The van der Waals surface area contributed by atoms with E-state index in [0.29, 0.717) is 29.1 Å². The molecule has 1 aliphatic rings. The van der Waals surface area contributed by atoms with Gasteiger partial charge in [-0.15, -0.1) is 0 Å². The Morgan fingerprint density at radius 1 is 0.878 bits per heavy atom. The van der Waals surface area contributed by atoms with Crippen LogP contribution in [0.4, 0.5) is 0 Å². The molecule has 0 radical (unpaired) electrons. The monoisotopic (exact) mass is 556 g/mol. The van der Waals surface area contributed by atoms with Crippen molar-refractivity contribution in [2.24, 2.45) is 0 Å². The zero-order chi connectivity index (χ0) is 28.8.